The van der Waals surface area contributed by atoms with Crippen LogP contribution in [0.3, 0.4) is 0 Å². The summed E-state index contributed by atoms with van der Waals surface area (Å²) in [7, 11) is 2.10. The maximum absolute atomic E-state index is 14.8. The summed E-state index contributed by atoms with van der Waals surface area (Å²) >= 11 is 0. The largest absolute Gasteiger partial charge is 0.367 e. The Morgan fingerprint density at radius 3 is 2.58 bits per heavy atom. The van der Waals surface area contributed by atoms with Gasteiger partial charge in [0, 0.05) is 67.9 Å². The summed E-state index contributed by atoms with van der Waals surface area (Å²) < 4.78 is 16.9. The molecule has 0 bridgehead atoms. The van der Waals surface area contributed by atoms with Crippen LogP contribution in [0.2, 0.25) is 0 Å². The molecule has 0 amide bonds. The molecule has 1 N–H and O–H groups in total. The van der Waals surface area contributed by atoms with Gasteiger partial charge >= 0.3 is 0 Å². The fraction of sp³-hybridized carbons (Fsp3) is 0.240. The lowest BCUT2D eigenvalue weighted by Gasteiger charge is -2.34. The first kappa shape index (κ1) is 19.6. The monoisotopic (exact) mass is 415 g/mol. The van der Waals surface area contributed by atoms with Crippen molar-refractivity contribution >= 4 is 23.2 Å². The number of nitrogens with one attached hydrogen (secondary N) is 1. The summed E-state index contributed by atoms with van der Waals surface area (Å²) in [6.45, 7) is 4.20. The molecule has 6 heteroatoms. The van der Waals surface area contributed by atoms with E-state index in [-0.39, 0.29) is 5.82 Å². The Labute approximate surface area is 182 Å². The van der Waals surface area contributed by atoms with Gasteiger partial charge in [-0.25, -0.2) is 4.39 Å². The highest BCUT2D eigenvalue weighted by atomic mass is 19.1. The first-order chi connectivity index (χ1) is 15.2. The molecule has 0 saturated carbocycles. The molecule has 1 saturated heterocycles. The molecule has 0 aliphatic carbocycles. The van der Waals surface area contributed by atoms with Gasteiger partial charge in [-0.2, -0.15) is 0 Å². The van der Waals surface area contributed by atoms with E-state index in [1.54, 1.807) is 6.07 Å². The topological polar surface area (TPSA) is 35.8 Å². The molecule has 0 atom stereocenters. The van der Waals surface area contributed by atoms with Crippen LogP contribution in [0, 0.1) is 5.82 Å². The molecule has 158 valence electrons. The summed E-state index contributed by atoms with van der Waals surface area (Å²) in [5, 5.41) is 3.28. The van der Waals surface area contributed by atoms with Gasteiger partial charge in [-0.1, -0.05) is 6.07 Å². The molecular formula is C25H26FN5. The molecule has 3 heterocycles. The van der Waals surface area contributed by atoms with Gasteiger partial charge in [0.25, 0.3) is 0 Å². The number of hydrogen-bond acceptors (Lipinski definition) is 4. The normalized spacial score (nSPS) is 17.7. The third-order valence-electron chi connectivity index (χ3n) is 5.98. The number of piperazine rings is 1. The third kappa shape index (κ3) is 4.11. The Kier molecular flexibility index (Phi) is 5.30. The predicted molar refractivity (Wildman–Crippen MR) is 126 cm³/mol. The molecule has 1 aromatic heterocycles. The van der Waals surface area contributed by atoms with Gasteiger partial charge in [0.2, 0.25) is 0 Å². The molecule has 1 fully saturated rings. The van der Waals surface area contributed by atoms with E-state index >= 15 is 0 Å². The highest BCUT2D eigenvalue weighted by Crippen LogP contribution is 2.27. The Hall–Kier alpha value is -3.38. The van der Waals surface area contributed by atoms with Crippen molar-refractivity contribution in [2.75, 3.05) is 50.0 Å². The molecule has 31 heavy (non-hydrogen) atoms. The van der Waals surface area contributed by atoms with Crippen molar-refractivity contribution in [2.45, 2.75) is 0 Å². The second kappa shape index (κ2) is 8.40. The predicted octanol–water partition coefficient (Wildman–Crippen LogP) is 4.25. The number of aliphatic imine (C=N–C) groups is 1. The minimum absolute atomic E-state index is 0.190. The van der Waals surface area contributed by atoms with Crippen LogP contribution in [0.1, 0.15) is 11.1 Å². The lowest BCUT2D eigenvalue weighted by Crippen LogP contribution is -2.44. The highest BCUT2D eigenvalue weighted by molar-refractivity contribution is 5.93. The number of anilines is 2. The van der Waals surface area contributed by atoms with Crippen molar-refractivity contribution < 1.29 is 4.39 Å². The highest BCUT2D eigenvalue weighted by Gasteiger charge is 2.17. The third-order valence-corrected chi connectivity index (χ3v) is 5.98. The van der Waals surface area contributed by atoms with E-state index in [4.69, 9.17) is 0 Å². The number of halogens is 1. The number of hydrogen-bond donors (Lipinski definition) is 1. The van der Waals surface area contributed by atoms with Crippen LogP contribution in [-0.2, 0) is 0 Å². The number of aromatic nitrogens is 1. The first-order valence-electron chi connectivity index (χ1n) is 10.6. The smallest absolute Gasteiger partial charge is 0.148 e. The number of nitrogens with zero attached hydrogens (tertiary/aromatic N) is 4. The second-order valence-corrected chi connectivity index (χ2v) is 8.10. The average molecular weight is 416 g/mol. The standard InChI is InChI=1S/C25H26FN5/c1-29-10-12-31(13-11-29)25-7-5-21(14-24(25)26)28-18-20-17-27-16-19-4-6-22(15-23(19)20)30-8-2-3-9-30/h2-9,14-16,18,28H,10-13,17H2,1H3/b20-18+. The quantitative estimate of drug-likeness (QED) is 0.692. The van der Waals surface area contributed by atoms with Crippen molar-refractivity contribution in [3.63, 3.8) is 0 Å². The van der Waals surface area contributed by atoms with Crippen LogP contribution in [0.15, 0.2) is 72.1 Å². The molecule has 0 spiro atoms. The van der Waals surface area contributed by atoms with Gasteiger partial charge in [0.1, 0.15) is 5.82 Å². The minimum atomic E-state index is -0.190. The van der Waals surface area contributed by atoms with E-state index in [2.05, 4.69) is 49.9 Å². The van der Waals surface area contributed by atoms with Gasteiger partial charge in [-0.05, 0) is 60.6 Å². The number of rotatable bonds is 4. The summed E-state index contributed by atoms with van der Waals surface area (Å²) in [6.07, 6.45) is 7.92. The number of fused-ring (bicyclic) bond motifs is 1. The minimum Gasteiger partial charge on any atom is -0.367 e. The van der Waals surface area contributed by atoms with Crippen LogP contribution >= 0.6 is 0 Å². The van der Waals surface area contributed by atoms with Crippen LogP contribution in [0.5, 0.6) is 0 Å². The van der Waals surface area contributed by atoms with Crippen molar-refractivity contribution in [3.8, 4) is 5.69 Å². The lowest BCUT2D eigenvalue weighted by atomic mass is 9.98. The molecular weight excluding hydrogens is 389 g/mol. The second-order valence-electron chi connectivity index (χ2n) is 8.10. The van der Waals surface area contributed by atoms with Crippen LogP contribution in [0.4, 0.5) is 15.8 Å². The molecule has 2 aliphatic heterocycles. The lowest BCUT2D eigenvalue weighted by molar-refractivity contribution is 0.311. The zero-order chi connectivity index (χ0) is 21.2. The summed E-state index contributed by atoms with van der Waals surface area (Å²) in [6, 6.07) is 15.8. The fourth-order valence-electron chi connectivity index (χ4n) is 4.12. The number of likely N-dealkylation sites (N-methyl/N-ethyl adjacent to an activating group) is 1. The van der Waals surface area contributed by atoms with Crippen molar-refractivity contribution in [3.05, 3.63) is 84.1 Å². The molecule has 5 rings (SSSR count). The molecule has 0 unspecified atom stereocenters. The molecule has 3 aromatic rings. The fourth-order valence-corrected chi connectivity index (χ4v) is 4.12. The first-order valence-corrected chi connectivity index (χ1v) is 10.6. The van der Waals surface area contributed by atoms with Gasteiger partial charge < -0.3 is 19.7 Å². The van der Waals surface area contributed by atoms with Crippen LogP contribution in [0.25, 0.3) is 11.3 Å². The van der Waals surface area contributed by atoms with Gasteiger partial charge in [-0.15, -0.1) is 0 Å². The van der Waals surface area contributed by atoms with E-state index in [0.717, 1.165) is 54.3 Å². The Balaban J connectivity index is 1.36. The van der Waals surface area contributed by atoms with Gasteiger partial charge in [-0.3, -0.25) is 4.99 Å². The van der Waals surface area contributed by atoms with E-state index < -0.39 is 0 Å². The number of benzene rings is 2. The van der Waals surface area contributed by atoms with Crippen molar-refractivity contribution in [1.82, 2.24) is 9.47 Å². The SMILES string of the molecule is CN1CCN(c2ccc(N/C=C3\CN=Cc4ccc(-n5cccc5)cc43)cc2F)CC1. The van der Waals surface area contributed by atoms with E-state index in [1.807, 2.05) is 49.1 Å². The van der Waals surface area contributed by atoms with Gasteiger partial charge in [0.15, 0.2) is 0 Å². The summed E-state index contributed by atoms with van der Waals surface area (Å²) in [5.41, 5.74) is 5.83. The van der Waals surface area contributed by atoms with Gasteiger partial charge in [0.05, 0.1) is 12.2 Å². The average Bonchev–Trinajstić information content (AvgIpc) is 3.33. The van der Waals surface area contributed by atoms with E-state index in [9.17, 15) is 4.39 Å². The Morgan fingerprint density at radius 1 is 1.00 bits per heavy atom. The van der Waals surface area contributed by atoms with Crippen molar-refractivity contribution in [2.24, 2.45) is 4.99 Å². The van der Waals surface area contributed by atoms with Crippen molar-refractivity contribution in [1.29, 1.82) is 0 Å². The zero-order valence-corrected chi connectivity index (χ0v) is 17.6. The Morgan fingerprint density at radius 2 is 1.81 bits per heavy atom. The summed E-state index contributed by atoms with van der Waals surface area (Å²) in [4.78, 5) is 8.86. The maximum atomic E-state index is 14.8. The van der Waals surface area contributed by atoms with Crippen LogP contribution in [-0.4, -0.2) is 55.5 Å². The Bertz CT molecular complexity index is 1120. The van der Waals surface area contributed by atoms with E-state index in [0.29, 0.717) is 12.2 Å². The molecule has 5 nitrogen and oxygen atoms in total. The molecule has 2 aromatic carbocycles. The maximum Gasteiger partial charge on any atom is 0.148 e. The zero-order valence-electron chi connectivity index (χ0n) is 17.6. The molecule has 2 aliphatic rings. The molecule has 0 radical (unpaired) electrons. The van der Waals surface area contributed by atoms with Crippen LogP contribution < -0.4 is 10.2 Å². The van der Waals surface area contributed by atoms with E-state index in [1.165, 1.54) is 0 Å². The summed E-state index contributed by atoms with van der Waals surface area (Å²) in [5.74, 6) is -0.190.